The molecule has 26 heavy (non-hydrogen) atoms. The topological polar surface area (TPSA) is 62.0 Å². The molecular weight excluding hydrogens is 324 g/mol. The molecule has 0 saturated heterocycles. The third-order valence-corrected chi connectivity index (χ3v) is 4.28. The van der Waals surface area contributed by atoms with Crippen molar-refractivity contribution in [3.63, 3.8) is 0 Å². The third kappa shape index (κ3) is 3.75. The molecule has 3 aromatic rings. The van der Waals surface area contributed by atoms with Gasteiger partial charge in [-0.05, 0) is 34.7 Å². The lowest BCUT2D eigenvalue weighted by atomic mass is 9.87. The van der Waals surface area contributed by atoms with Gasteiger partial charge in [0.2, 0.25) is 0 Å². The van der Waals surface area contributed by atoms with E-state index in [0.29, 0.717) is 11.3 Å². The Morgan fingerprint density at radius 1 is 0.923 bits per heavy atom. The normalized spacial score (nSPS) is 11.2. The Hall–Kier alpha value is -3.14. The summed E-state index contributed by atoms with van der Waals surface area (Å²) in [7, 11) is 0. The molecule has 2 aromatic carbocycles. The molecule has 4 nitrogen and oxygen atoms in total. The van der Waals surface area contributed by atoms with Crippen LogP contribution in [-0.4, -0.2) is 10.9 Å². The highest BCUT2D eigenvalue weighted by molar-refractivity contribution is 6.08. The van der Waals surface area contributed by atoms with Crippen molar-refractivity contribution in [1.29, 1.82) is 0 Å². The Morgan fingerprint density at radius 3 is 2.19 bits per heavy atom. The van der Waals surface area contributed by atoms with E-state index < -0.39 is 11.5 Å². The lowest BCUT2D eigenvalue weighted by molar-refractivity contribution is 0.102. The van der Waals surface area contributed by atoms with Gasteiger partial charge in [-0.15, -0.1) is 0 Å². The second-order valence-corrected chi connectivity index (χ2v) is 7.24. The van der Waals surface area contributed by atoms with Gasteiger partial charge in [0.1, 0.15) is 5.56 Å². The smallest absolute Gasteiger partial charge is 0.261 e. The maximum atomic E-state index is 12.8. The molecule has 132 valence electrons. The predicted octanol–water partition coefficient (Wildman–Crippen LogP) is 4.59. The minimum absolute atomic E-state index is 0.0413. The maximum Gasteiger partial charge on any atom is 0.261 e. The monoisotopic (exact) mass is 346 g/mol. The molecule has 0 unspecified atom stereocenters. The first kappa shape index (κ1) is 17.7. The number of aromatic amines is 1. The van der Waals surface area contributed by atoms with Crippen LogP contribution in [0.4, 0.5) is 5.69 Å². The number of nitrogens with one attached hydrogen (secondary N) is 2. The minimum atomic E-state index is -0.422. The van der Waals surface area contributed by atoms with E-state index in [1.807, 2.05) is 54.6 Å². The molecule has 1 aromatic heterocycles. The van der Waals surface area contributed by atoms with E-state index >= 15 is 0 Å². The van der Waals surface area contributed by atoms with Crippen LogP contribution in [0, 0.1) is 0 Å². The molecule has 2 N–H and O–H groups in total. The number of carbonyl (C=O) groups is 1. The average molecular weight is 346 g/mol. The van der Waals surface area contributed by atoms with E-state index in [4.69, 9.17) is 0 Å². The molecule has 1 heterocycles. The van der Waals surface area contributed by atoms with Crippen molar-refractivity contribution in [3.05, 3.63) is 88.3 Å². The van der Waals surface area contributed by atoms with Crippen molar-refractivity contribution in [2.45, 2.75) is 26.2 Å². The third-order valence-electron chi connectivity index (χ3n) is 4.28. The largest absolute Gasteiger partial charge is 0.328 e. The number of aromatic nitrogens is 1. The molecule has 0 atom stereocenters. The van der Waals surface area contributed by atoms with Crippen LogP contribution < -0.4 is 10.9 Å². The van der Waals surface area contributed by atoms with Gasteiger partial charge >= 0.3 is 0 Å². The van der Waals surface area contributed by atoms with Crippen molar-refractivity contribution in [2.24, 2.45) is 0 Å². The van der Waals surface area contributed by atoms with Crippen molar-refractivity contribution < 1.29 is 4.79 Å². The molecule has 3 rings (SSSR count). The van der Waals surface area contributed by atoms with E-state index in [2.05, 4.69) is 31.1 Å². The molecule has 0 fully saturated rings. The zero-order chi connectivity index (χ0) is 18.7. The molecular formula is C22H22N2O2. The van der Waals surface area contributed by atoms with Gasteiger partial charge in [-0.2, -0.15) is 0 Å². The Morgan fingerprint density at radius 2 is 1.58 bits per heavy atom. The van der Waals surface area contributed by atoms with Gasteiger partial charge in [-0.25, -0.2) is 0 Å². The van der Waals surface area contributed by atoms with E-state index in [0.717, 1.165) is 5.56 Å². The fourth-order valence-electron chi connectivity index (χ4n) is 2.81. The van der Waals surface area contributed by atoms with Crippen LogP contribution in [0.5, 0.6) is 0 Å². The molecule has 0 bridgehead atoms. The van der Waals surface area contributed by atoms with Crippen molar-refractivity contribution >= 4 is 11.6 Å². The van der Waals surface area contributed by atoms with Crippen LogP contribution in [-0.2, 0) is 5.41 Å². The number of hydrogen-bond donors (Lipinski definition) is 2. The quantitative estimate of drug-likeness (QED) is 0.728. The van der Waals surface area contributed by atoms with Crippen LogP contribution >= 0.6 is 0 Å². The molecule has 0 saturated carbocycles. The van der Waals surface area contributed by atoms with Crippen molar-refractivity contribution in [2.75, 3.05) is 5.32 Å². The van der Waals surface area contributed by atoms with E-state index in [-0.39, 0.29) is 11.0 Å². The average Bonchev–Trinajstić information content (AvgIpc) is 2.62. The first-order valence-electron chi connectivity index (χ1n) is 8.55. The lowest BCUT2D eigenvalue weighted by Gasteiger charge is -2.19. The van der Waals surface area contributed by atoms with Gasteiger partial charge in [0.05, 0.1) is 0 Å². The number of amides is 1. The summed E-state index contributed by atoms with van der Waals surface area (Å²) in [6.07, 6.45) is 1.56. The second-order valence-electron chi connectivity index (χ2n) is 7.24. The summed E-state index contributed by atoms with van der Waals surface area (Å²) in [6.45, 7) is 6.41. The summed E-state index contributed by atoms with van der Waals surface area (Å²) in [6, 6.07) is 18.9. The lowest BCUT2D eigenvalue weighted by Crippen LogP contribution is -2.24. The van der Waals surface area contributed by atoms with Crippen LogP contribution in [0.25, 0.3) is 11.1 Å². The van der Waals surface area contributed by atoms with E-state index in [9.17, 15) is 9.59 Å². The SMILES string of the molecule is CC(C)(C)c1ccc(NC(=O)c2c(-c3ccccc3)cc[nH]c2=O)cc1. The molecule has 1 amide bonds. The van der Waals surface area contributed by atoms with Crippen molar-refractivity contribution in [1.82, 2.24) is 4.98 Å². The summed E-state index contributed by atoms with van der Waals surface area (Å²) in [4.78, 5) is 27.7. The van der Waals surface area contributed by atoms with Crippen LogP contribution in [0.3, 0.4) is 0 Å². The highest BCUT2D eigenvalue weighted by Gasteiger charge is 2.18. The van der Waals surface area contributed by atoms with Crippen LogP contribution in [0.1, 0.15) is 36.7 Å². The van der Waals surface area contributed by atoms with E-state index in [1.54, 1.807) is 12.3 Å². The molecule has 4 heteroatoms. The first-order valence-corrected chi connectivity index (χ1v) is 8.55. The Kier molecular flexibility index (Phi) is 4.76. The number of anilines is 1. The molecule has 0 aliphatic rings. The van der Waals surface area contributed by atoms with Gasteiger partial charge in [0.25, 0.3) is 11.5 Å². The zero-order valence-electron chi connectivity index (χ0n) is 15.2. The molecule has 0 spiro atoms. The summed E-state index contributed by atoms with van der Waals surface area (Å²) < 4.78 is 0. The Bertz CT molecular complexity index is 966. The van der Waals surface area contributed by atoms with Crippen LogP contribution in [0.2, 0.25) is 0 Å². The summed E-state index contributed by atoms with van der Waals surface area (Å²) in [5, 5.41) is 2.83. The highest BCUT2D eigenvalue weighted by atomic mass is 16.2. The van der Waals surface area contributed by atoms with Gasteiger partial charge in [-0.1, -0.05) is 63.2 Å². The first-order chi connectivity index (χ1) is 12.4. The Labute approximate surface area is 152 Å². The fourth-order valence-corrected chi connectivity index (χ4v) is 2.81. The summed E-state index contributed by atoms with van der Waals surface area (Å²) in [5.41, 5.74) is 3.02. The minimum Gasteiger partial charge on any atom is -0.328 e. The number of rotatable bonds is 3. The Balaban J connectivity index is 1.93. The number of pyridine rings is 1. The molecule has 0 radical (unpaired) electrons. The van der Waals surface area contributed by atoms with Gasteiger partial charge in [0.15, 0.2) is 0 Å². The zero-order valence-corrected chi connectivity index (χ0v) is 15.2. The summed E-state index contributed by atoms with van der Waals surface area (Å²) in [5.74, 6) is -0.422. The van der Waals surface area contributed by atoms with E-state index in [1.165, 1.54) is 5.56 Å². The molecule has 0 aliphatic carbocycles. The van der Waals surface area contributed by atoms with Crippen molar-refractivity contribution in [3.8, 4) is 11.1 Å². The van der Waals surface area contributed by atoms with Gasteiger partial charge < -0.3 is 10.3 Å². The predicted molar refractivity (Wildman–Crippen MR) is 106 cm³/mol. The number of benzene rings is 2. The fraction of sp³-hybridized carbons (Fsp3) is 0.182. The molecule has 0 aliphatic heterocycles. The highest BCUT2D eigenvalue weighted by Crippen LogP contribution is 2.25. The van der Waals surface area contributed by atoms with Gasteiger partial charge in [-0.3, -0.25) is 9.59 Å². The number of hydrogen-bond acceptors (Lipinski definition) is 2. The maximum absolute atomic E-state index is 12.8. The van der Waals surface area contributed by atoms with Gasteiger partial charge in [0, 0.05) is 17.4 Å². The standard InChI is InChI=1S/C22H22N2O2/c1-22(2,3)16-9-11-17(12-10-16)24-21(26)19-18(13-14-23-20(19)25)15-7-5-4-6-8-15/h4-14H,1-3H3,(H,23,25)(H,24,26). The van der Waals surface area contributed by atoms with Crippen LogP contribution in [0.15, 0.2) is 71.7 Å². The number of carbonyl (C=O) groups excluding carboxylic acids is 1. The number of H-pyrrole nitrogens is 1. The summed E-state index contributed by atoms with van der Waals surface area (Å²) >= 11 is 0. The second kappa shape index (κ2) is 7.00.